The van der Waals surface area contributed by atoms with Gasteiger partial charge in [0.25, 0.3) is 0 Å². The second kappa shape index (κ2) is 38.0. The van der Waals surface area contributed by atoms with Gasteiger partial charge < -0.3 is 138 Å². The Balaban J connectivity index is 1.02. The van der Waals surface area contributed by atoms with Gasteiger partial charge in [-0.05, 0) is 165 Å². The third-order valence-electron chi connectivity index (χ3n) is 23.2. The van der Waals surface area contributed by atoms with Gasteiger partial charge in [0.15, 0.2) is 36.2 Å². The Hall–Kier alpha value is -10.4. The molecular weight excluding hydrogens is 1690 g/mol. The number of hydrogen-bond acceptors (Lipinski definition) is 27. The lowest BCUT2D eigenvalue weighted by molar-refractivity contribution is -0.334. The van der Waals surface area contributed by atoms with Crippen LogP contribution in [-0.2, 0) is 68.6 Å². The highest BCUT2D eigenvalue weighted by molar-refractivity contribution is 6.32. The predicted molar refractivity (Wildman–Crippen MR) is 448 cm³/mol. The second-order valence-electron chi connectivity index (χ2n) is 33.0. The number of phenolic OH excluding ortho intramolecular Hbond substituents is 2. The molecule has 8 aliphatic heterocycles. The van der Waals surface area contributed by atoms with E-state index in [1.807, 2.05) is 50.2 Å². The number of aryl methyl sites for hydroxylation is 1. The molecule has 11 bridgehead atoms. The van der Waals surface area contributed by atoms with Crippen LogP contribution in [0.15, 0.2) is 127 Å². The highest BCUT2D eigenvalue weighted by Crippen LogP contribution is 2.50. The van der Waals surface area contributed by atoms with Crippen molar-refractivity contribution in [2.24, 2.45) is 17.4 Å². The van der Waals surface area contributed by atoms with Crippen molar-refractivity contribution in [2.75, 3.05) is 13.7 Å². The lowest BCUT2D eigenvalue weighted by atomic mass is 9.84. The number of halogens is 3. The Bertz CT molecular complexity index is 5250. The fourth-order valence-electron chi connectivity index (χ4n) is 16.3. The van der Waals surface area contributed by atoms with Crippen LogP contribution < -0.4 is 68.2 Å². The van der Waals surface area contributed by atoms with Crippen molar-refractivity contribution in [2.45, 2.75) is 214 Å². The van der Waals surface area contributed by atoms with Crippen molar-refractivity contribution in [3.05, 3.63) is 181 Å². The number of nitrogens with two attached hydrogens (primary N) is 2. The zero-order valence-corrected chi connectivity index (χ0v) is 71.1. The number of nitrogens with one attached hydrogen (secondary N) is 8. The molecule has 0 aromatic heterocycles. The van der Waals surface area contributed by atoms with Crippen molar-refractivity contribution in [3.63, 3.8) is 0 Å². The monoisotopic (exact) mass is 1790 g/mol. The minimum absolute atomic E-state index is 0.0374. The number of aromatic hydroxyl groups is 2. The van der Waals surface area contributed by atoms with Gasteiger partial charge in [-0.25, -0.2) is 4.79 Å². The summed E-state index contributed by atoms with van der Waals surface area (Å²) in [5, 5.41) is 127. The molecule has 38 heteroatoms. The number of carbonyl (C=O) groups is 8. The van der Waals surface area contributed by atoms with Gasteiger partial charge in [-0.15, -0.1) is 0 Å². The molecule has 3 saturated heterocycles. The first-order chi connectivity index (χ1) is 59.2. The summed E-state index contributed by atoms with van der Waals surface area (Å²) in [5.74, 6) is -14.7. The van der Waals surface area contributed by atoms with Gasteiger partial charge in [0.2, 0.25) is 53.4 Å². The number of carboxylic acid groups (broad SMARTS) is 1. The number of benzene rings is 7. The van der Waals surface area contributed by atoms with Crippen LogP contribution in [-0.4, -0.2) is 210 Å². The third-order valence-corrected chi connectivity index (χ3v) is 24.0. The van der Waals surface area contributed by atoms with Crippen LogP contribution in [0.1, 0.15) is 137 Å². The molecule has 0 radical (unpaired) electrons. The van der Waals surface area contributed by atoms with Crippen LogP contribution in [0, 0.1) is 12.8 Å². The number of carboxylic acids is 1. The van der Waals surface area contributed by atoms with Crippen molar-refractivity contribution in [1.82, 2.24) is 42.5 Å². The lowest BCUT2D eigenvalue weighted by Gasteiger charge is -2.48. The first kappa shape index (κ1) is 92.3. The fraction of sp³-hybridized carbons (Fsp3) is 0.425. The van der Waals surface area contributed by atoms with Gasteiger partial charge in [0.05, 0.1) is 53.5 Å². The third kappa shape index (κ3) is 20.2. The van der Waals surface area contributed by atoms with Crippen molar-refractivity contribution in [1.29, 1.82) is 0 Å². The van der Waals surface area contributed by atoms with Crippen LogP contribution in [0.4, 0.5) is 0 Å². The SMILES string of the molecule is CN[C@H](CC(C)C)C(=O)N[C@H]1C(=O)N[C@@H](CC(N)=O)C(=O)N[C@H]2C(=O)N[C@H]3C(=O)N[C@H](C(=O)N[C@H](C(=O)O)c4cc(O)cc(O)c4-c4cc3ccc4C)[C@H](O[C@H]3C[C@](C)(N)[C@@H](O)[C@H](C)O3)c3ccc(c(Cl)c3)Oc3cc2cc(c3O[C@@H]2O[C@H](CO)[C@@H](O)[C@H](O)[C@H]2O[C@H]2C[C@](C)(NCc3ccc(-c4ccc(Cl)cc4)cc3)[C@@H](O)[C@H](C)O2)Oc2ccc(cc2Cl)[C@H]1O. The number of hydrogen-bond donors (Lipinski definition) is 19. The summed E-state index contributed by atoms with van der Waals surface area (Å²) in [7, 11) is 1.49. The summed E-state index contributed by atoms with van der Waals surface area (Å²) < 4.78 is 53.1. The number of primary amides is 1. The first-order valence-corrected chi connectivity index (χ1v) is 41.5. The summed E-state index contributed by atoms with van der Waals surface area (Å²) in [6, 6.07) is 16.3. The Kier molecular flexibility index (Phi) is 28.1. The average molecular weight is 1790 g/mol. The number of aliphatic hydroxyl groups is 6. The van der Waals surface area contributed by atoms with Crippen LogP contribution in [0.3, 0.4) is 0 Å². The first-order valence-electron chi connectivity index (χ1n) is 40.3. The molecule has 0 saturated carbocycles. The zero-order valence-electron chi connectivity index (χ0n) is 68.8. The minimum Gasteiger partial charge on any atom is -0.508 e. The number of rotatable bonds is 19. The zero-order chi connectivity index (χ0) is 90.3. The fourth-order valence-corrected chi connectivity index (χ4v) is 16.9. The van der Waals surface area contributed by atoms with Crippen LogP contribution in [0.5, 0.6) is 40.2 Å². The molecule has 8 aliphatic rings. The van der Waals surface area contributed by atoms with Crippen LogP contribution >= 0.6 is 34.8 Å². The Morgan fingerprint density at radius 3 is 1.85 bits per heavy atom. The second-order valence-corrected chi connectivity index (χ2v) is 34.3. The summed E-state index contributed by atoms with van der Waals surface area (Å²) >= 11 is 20.9. The molecule has 7 aromatic carbocycles. The number of aliphatic carboxylic acids is 1. The summed E-state index contributed by atoms with van der Waals surface area (Å²) in [5.41, 5.74) is 11.1. The van der Waals surface area contributed by atoms with Gasteiger partial charge in [-0.1, -0.05) is 109 Å². The van der Waals surface area contributed by atoms with Crippen molar-refractivity contribution < 1.29 is 122 Å². The van der Waals surface area contributed by atoms with E-state index >= 15 is 24.0 Å². The van der Waals surface area contributed by atoms with E-state index in [2.05, 4.69) is 42.5 Å². The number of carbonyl (C=O) groups excluding carboxylic acids is 7. The number of ether oxygens (including phenoxy) is 8. The Morgan fingerprint density at radius 1 is 0.648 bits per heavy atom. The summed E-state index contributed by atoms with van der Waals surface area (Å²) in [6.07, 6.45) is -22.7. The lowest BCUT2D eigenvalue weighted by Crippen LogP contribution is -2.65. The number of aliphatic hydroxyl groups excluding tert-OH is 6. The average Bonchev–Trinajstić information content (AvgIpc) is 0.762. The van der Waals surface area contributed by atoms with E-state index in [-0.39, 0.29) is 81.6 Å². The predicted octanol–water partition coefficient (Wildman–Crippen LogP) is 5.10. The smallest absolute Gasteiger partial charge is 0.330 e. The van der Waals surface area contributed by atoms with Gasteiger partial charge in [0.1, 0.15) is 83.7 Å². The minimum atomic E-state index is -2.35. The maximum Gasteiger partial charge on any atom is 0.330 e. The molecular formula is C87H99Cl3N10O25. The highest BCUT2D eigenvalue weighted by Gasteiger charge is 2.53. The van der Waals surface area contributed by atoms with E-state index < -0.39 is 239 Å². The van der Waals surface area contributed by atoms with Gasteiger partial charge in [-0.2, -0.15) is 0 Å². The van der Waals surface area contributed by atoms with E-state index in [0.717, 1.165) is 47.0 Å². The molecule has 0 spiro atoms. The molecule has 125 heavy (non-hydrogen) atoms. The molecule has 35 nitrogen and oxygen atoms in total. The molecule has 0 unspecified atom stereocenters. The number of amides is 7. The van der Waals surface area contributed by atoms with E-state index in [4.69, 9.17) is 84.2 Å². The normalized spacial score (nSPS) is 29.8. The quantitative estimate of drug-likeness (QED) is 0.0501. The number of phenols is 2. The summed E-state index contributed by atoms with van der Waals surface area (Å²) in [4.78, 5) is 121. The van der Waals surface area contributed by atoms with E-state index in [0.29, 0.717) is 5.02 Å². The number of fused-ring (bicyclic) bond motifs is 15. The maximum atomic E-state index is 16.6. The molecule has 3 fully saturated rings. The van der Waals surface area contributed by atoms with E-state index in [9.17, 15) is 60.3 Å². The van der Waals surface area contributed by atoms with Gasteiger partial charge >= 0.3 is 5.97 Å². The van der Waals surface area contributed by atoms with Crippen molar-refractivity contribution >= 4 is 82.1 Å². The molecule has 22 atom stereocenters. The van der Waals surface area contributed by atoms with Gasteiger partial charge in [0, 0.05) is 52.7 Å². The molecule has 7 amide bonds. The van der Waals surface area contributed by atoms with E-state index in [1.165, 1.54) is 76.3 Å². The van der Waals surface area contributed by atoms with E-state index in [1.54, 1.807) is 26.0 Å². The Morgan fingerprint density at radius 2 is 1.24 bits per heavy atom. The van der Waals surface area contributed by atoms with Crippen LogP contribution in [0.25, 0.3) is 22.3 Å². The largest absolute Gasteiger partial charge is 0.508 e. The molecule has 15 rings (SSSR count). The molecule has 21 N–H and O–H groups in total. The standard InChI is InChI=1S/C87H99Cl3N10O25/c1-36(2)23-53(93-8)78(110)99-68-70(105)44-17-21-56(51(89)25-44)120-58-27-46-28-59(74(58)125-85-75(72(107)71(106)60(35-101)122-85)124-63-33-87(7,77(109)39(5)119-63)94-34-40-10-13-41(14-11-40)42-15-19-47(88)20-16-42)121-57-22-18-45(26-52(57)90)73(123-62-32-86(6,92)76(108)38(4)118-62)69-83(115)98-67(84(116)117)50-29-48(102)30-55(103)64(50)49-24-43(12-9-37(49)3)65(80(112)100-69)97-81(113)66(46)96-79(111)54(31-61(91)104)95-82(68)114/h9-22,24-30,36,38-39,53-54,60,62-63,65-73,75-77,85,93-94,101-103,105-109H,23,31-35,92H2,1-8H3,(H2,91,104)(H,95,114)(H,96,111)(H,97,113)(H,98,115)(H,99,110)(H,100,112)(H,116,117)/t38-,39-,53+,54-,60+,62-,63-,65+,66+,67-,68+,69-,70+,71+,72-,73+,75+,76-,77-,85-,86-,87-/m0/s1. The van der Waals surface area contributed by atoms with Crippen molar-refractivity contribution in [3.8, 4) is 62.5 Å². The van der Waals surface area contributed by atoms with Gasteiger partial charge in [-0.3, -0.25) is 33.6 Å². The maximum absolute atomic E-state index is 16.6. The number of likely N-dealkylation sites (N-methyl/N-ethyl adjacent to an activating group) is 1. The molecule has 668 valence electrons. The molecule has 8 heterocycles. The topological polar surface area (TPSA) is 541 Å². The highest BCUT2D eigenvalue weighted by atomic mass is 35.5. The molecule has 0 aliphatic carbocycles. The summed E-state index contributed by atoms with van der Waals surface area (Å²) in [6.45, 7) is 10.7. The molecule has 7 aromatic rings. The van der Waals surface area contributed by atoms with Crippen LogP contribution in [0.2, 0.25) is 15.1 Å². The Labute approximate surface area is 731 Å².